The second kappa shape index (κ2) is 3.96. The Morgan fingerprint density at radius 3 is 2.80 bits per heavy atom. The topological polar surface area (TPSA) is 38.1 Å². The summed E-state index contributed by atoms with van der Waals surface area (Å²) in [7, 11) is 1.82. The van der Waals surface area contributed by atoms with Crippen molar-refractivity contribution in [2.75, 3.05) is 13.1 Å². The van der Waals surface area contributed by atoms with Gasteiger partial charge in [-0.05, 0) is 12.0 Å². The van der Waals surface area contributed by atoms with Crippen molar-refractivity contribution in [1.29, 1.82) is 0 Å². The number of aromatic nitrogens is 2. The van der Waals surface area contributed by atoms with Gasteiger partial charge < -0.3 is 4.90 Å². The zero-order chi connectivity index (χ0) is 11.0. The highest BCUT2D eigenvalue weighted by atomic mass is 79.9. The summed E-state index contributed by atoms with van der Waals surface area (Å²) < 4.78 is 1.65. The lowest BCUT2D eigenvalue weighted by Gasteiger charge is -2.13. The van der Waals surface area contributed by atoms with E-state index in [0.29, 0.717) is 16.4 Å². The highest BCUT2D eigenvalue weighted by molar-refractivity contribution is 9.09. The number of aryl methyl sites for hydroxylation is 1. The number of carbonyl (C=O) groups excluding carboxylic acids is 1. The highest BCUT2D eigenvalue weighted by Gasteiger charge is 2.31. The number of alkyl halides is 1. The number of nitrogens with zero attached hydrogens (tertiary/aromatic N) is 3. The summed E-state index contributed by atoms with van der Waals surface area (Å²) in [5.74, 6) is 0.544. The first kappa shape index (κ1) is 10.7. The van der Waals surface area contributed by atoms with Crippen molar-refractivity contribution in [3.63, 3.8) is 0 Å². The Hall–Kier alpha value is -0.840. The summed E-state index contributed by atoms with van der Waals surface area (Å²) in [4.78, 5) is 14.2. The molecule has 2 unspecified atom stereocenters. The standard InChI is InChI=1S/C10H14BrN3O/c1-7-5-14(6-8(7)11)10(15)9-3-4-13(2)12-9/h3-4,7-8H,5-6H2,1-2H3. The van der Waals surface area contributed by atoms with E-state index < -0.39 is 0 Å². The largest absolute Gasteiger partial charge is 0.336 e. The van der Waals surface area contributed by atoms with Crippen LogP contribution in [0.2, 0.25) is 0 Å². The van der Waals surface area contributed by atoms with E-state index in [1.165, 1.54) is 0 Å². The molecule has 15 heavy (non-hydrogen) atoms. The number of likely N-dealkylation sites (tertiary alicyclic amines) is 1. The molecule has 0 aromatic carbocycles. The van der Waals surface area contributed by atoms with E-state index in [9.17, 15) is 4.79 Å². The van der Waals surface area contributed by atoms with Gasteiger partial charge in [-0.2, -0.15) is 5.10 Å². The van der Waals surface area contributed by atoms with Gasteiger partial charge in [-0.25, -0.2) is 0 Å². The fourth-order valence-corrected chi connectivity index (χ4v) is 2.30. The van der Waals surface area contributed by atoms with Crippen LogP contribution in [0.25, 0.3) is 0 Å². The molecular weight excluding hydrogens is 258 g/mol. The maximum atomic E-state index is 12.0. The molecule has 1 aliphatic rings. The van der Waals surface area contributed by atoms with Crippen LogP contribution in [0.4, 0.5) is 0 Å². The Morgan fingerprint density at radius 2 is 2.33 bits per heavy atom. The van der Waals surface area contributed by atoms with Crippen molar-refractivity contribution in [3.05, 3.63) is 18.0 Å². The summed E-state index contributed by atoms with van der Waals surface area (Å²) in [6.07, 6.45) is 1.79. The number of hydrogen-bond acceptors (Lipinski definition) is 2. The summed E-state index contributed by atoms with van der Waals surface area (Å²) >= 11 is 3.57. The molecule has 0 bridgehead atoms. The number of carbonyl (C=O) groups is 1. The molecule has 1 fully saturated rings. The lowest BCUT2D eigenvalue weighted by molar-refractivity contribution is 0.0782. The Kier molecular flexibility index (Phi) is 2.82. The number of hydrogen-bond donors (Lipinski definition) is 0. The van der Waals surface area contributed by atoms with Crippen LogP contribution >= 0.6 is 15.9 Å². The fourth-order valence-electron chi connectivity index (χ4n) is 1.78. The Labute approximate surface area is 97.4 Å². The summed E-state index contributed by atoms with van der Waals surface area (Å²) in [5.41, 5.74) is 0.534. The molecule has 1 aliphatic heterocycles. The van der Waals surface area contributed by atoms with E-state index in [-0.39, 0.29) is 5.91 Å². The summed E-state index contributed by atoms with van der Waals surface area (Å²) in [6, 6.07) is 1.76. The van der Waals surface area contributed by atoms with Crippen LogP contribution in [0, 0.1) is 5.92 Å². The van der Waals surface area contributed by atoms with Crippen molar-refractivity contribution in [2.24, 2.45) is 13.0 Å². The van der Waals surface area contributed by atoms with E-state index in [1.54, 1.807) is 16.9 Å². The van der Waals surface area contributed by atoms with Crippen molar-refractivity contribution in [3.8, 4) is 0 Å². The highest BCUT2D eigenvalue weighted by Crippen LogP contribution is 2.23. The third-order valence-electron chi connectivity index (χ3n) is 2.74. The molecule has 0 saturated carbocycles. The zero-order valence-electron chi connectivity index (χ0n) is 8.85. The van der Waals surface area contributed by atoms with Gasteiger partial charge in [0.2, 0.25) is 0 Å². The first-order valence-electron chi connectivity index (χ1n) is 5.01. The normalized spacial score (nSPS) is 25.9. The Morgan fingerprint density at radius 1 is 1.60 bits per heavy atom. The van der Waals surface area contributed by atoms with Crippen molar-refractivity contribution >= 4 is 21.8 Å². The SMILES string of the molecule is CC1CN(C(=O)c2ccn(C)n2)CC1Br. The van der Waals surface area contributed by atoms with Crippen LogP contribution in [0.5, 0.6) is 0 Å². The number of rotatable bonds is 1. The van der Waals surface area contributed by atoms with E-state index in [0.717, 1.165) is 13.1 Å². The molecule has 2 rings (SSSR count). The molecule has 4 nitrogen and oxygen atoms in total. The second-order valence-electron chi connectivity index (χ2n) is 4.08. The molecule has 2 heterocycles. The van der Waals surface area contributed by atoms with Crippen molar-refractivity contribution in [2.45, 2.75) is 11.8 Å². The van der Waals surface area contributed by atoms with Gasteiger partial charge in [-0.1, -0.05) is 22.9 Å². The molecule has 0 radical (unpaired) electrons. The molecule has 1 saturated heterocycles. The zero-order valence-corrected chi connectivity index (χ0v) is 10.4. The average Bonchev–Trinajstić information content (AvgIpc) is 2.74. The molecule has 0 N–H and O–H groups in total. The van der Waals surface area contributed by atoms with E-state index in [1.807, 2.05) is 11.9 Å². The van der Waals surface area contributed by atoms with Crippen LogP contribution in [0.1, 0.15) is 17.4 Å². The van der Waals surface area contributed by atoms with Gasteiger partial charge in [-0.15, -0.1) is 0 Å². The lowest BCUT2D eigenvalue weighted by Crippen LogP contribution is -2.29. The van der Waals surface area contributed by atoms with Gasteiger partial charge in [0, 0.05) is 31.2 Å². The Bertz CT molecular complexity index is 366. The maximum absolute atomic E-state index is 12.0. The van der Waals surface area contributed by atoms with E-state index >= 15 is 0 Å². The van der Waals surface area contributed by atoms with Gasteiger partial charge in [0.05, 0.1) is 0 Å². The molecule has 0 aliphatic carbocycles. The van der Waals surface area contributed by atoms with Crippen LogP contribution < -0.4 is 0 Å². The predicted octanol–water partition coefficient (Wildman–Crippen LogP) is 1.28. The quantitative estimate of drug-likeness (QED) is 0.722. The third-order valence-corrected chi connectivity index (χ3v) is 3.93. The lowest BCUT2D eigenvalue weighted by atomic mass is 10.2. The second-order valence-corrected chi connectivity index (χ2v) is 5.25. The fraction of sp³-hybridized carbons (Fsp3) is 0.600. The van der Waals surface area contributed by atoms with Gasteiger partial charge in [0.1, 0.15) is 5.69 Å². The van der Waals surface area contributed by atoms with Crippen LogP contribution in [-0.4, -0.2) is 38.5 Å². The molecule has 82 valence electrons. The predicted molar refractivity (Wildman–Crippen MR) is 61.0 cm³/mol. The molecule has 0 spiro atoms. The molecule has 1 aromatic heterocycles. The van der Waals surface area contributed by atoms with E-state index in [4.69, 9.17) is 0 Å². The van der Waals surface area contributed by atoms with E-state index in [2.05, 4.69) is 28.0 Å². The van der Waals surface area contributed by atoms with Crippen LogP contribution in [0.3, 0.4) is 0 Å². The first-order chi connectivity index (χ1) is 7.08. The average molecular weight is 272 g/mol. The third kappa shape index (κ3) is 2.07. The van der Waals surface area contributed by atoms with Crippen LogP contribution in [-0.2, 0) is 7.05 Å². The van der Waals surface area contributed by atoms with Gasteiger partial charge in [-0.3, -0.25) is 9.48 Å². The van der Waals surface area contributed by atoms with Crippen LogP contribution in [0.15, 0.2) is 12.3 Å². The smallest absolute Gasteiger partial charge is 0.274 e. The number of amides is 1. The molecule has 5 heteroatoms. The molecule has 2 atom stereocenters. The van der Waals surface area contributed by atoms with Gasteiger partial charge >= 0.3 is 0 Å². The maximum Gasteiger partial charge on any atom is 0.274 e. The van der Waals surface area contributed by atoms with Crippen molar-refractivity contribution in [1.82, 2.24) is 14.7 Å². The molecule has 1 aromatic rings. The number of halogens is 1. The molecular formula is C10H14BrN3O. The summed E-state index contributed by atoms with van der Waals surface area (Å²) in [6.45, 7) is 3.73. The Balaban J connectivity index is 2.10. The van der Waals surface area contributed by atoms with Gasteiger partial charge in [0.25, 0.3) is 5.91 Å². The molecule has 1 amide bonds. The van der Waals surface area contributed by atoms with Crippen molar-refractivity contribution < 1.29 is 4.79 Å². The minimum atomic E-state index is 0.0319. The monoisotopic (exact) mass is 271 g/mol. The summed E-state index contributed by atoms with van der Waals surface area (Å²) in [5, 5.41) is 4.12. The first-order valence-corrected chi connectivity index (χ1v) is 5.92. The minimum Gasteiger partial charge on any atom is -0.336 e. The minimum absolute atomic E-state index is 0.0319. The van der Waals surface area contributed by atoms with Gasteiger partial charge in [0.15, 0.2) is 0 Å².